The molecule has 3 aliphatic heterocycles. The van der Waals surface area contributed by atoms with E-state index in [9.17, 15) is 4.79 Å². The molecule has 0 saturated carbocycles. The predicted octanol–water partition coefficient (Wildman–Crippen LogP) is 4.76. The van der Waals surface area contributed by atoms with E-state index in [0.717, 1.165) is 83.1 Å². The Balaban J connectivity index is 1.16. The maximum Gasteiger partial charge on any atom is 0.225 e. The van der Waals surface area contributed by atoms with Crippen molar-refractivity contribution >= 4 is 5.91 Å². The second-order valence-electron chi connectivity index (χ2n) is 12.2. The summed E-state index contributed by atoms with van der Waals surface area (Å²) in [5.74, 6) is 4.46. The van der Waals surface area contributed by atoms with Crippen molar-refractivity contribution in [1.29, 1.82) is 0 Å². The molecule has 208 valence electrons. The standard InChI is InChI=1S/C31H48N6O/c1-23(2)30-34-33-24(3)37(30)28-13-18-35(19-14-28)20-15-29(25-7-5-4-6-8-25)26-11-21-36(22-12-26)31(38)27-9-16-32-17-10-27/h4-8,23,26-29,32H,9-22H2,1-3H3/t29-/m0/s1. The number of hydrogen-bond donors (Lipinski definition) is 1. The highest BCUT2D eigenvalue weighted by Gasteiger charge is 2.33. The van der Waals surface area contributed by atoms with Crippen LogP contribution in [-0.4, -0.2) is 76.3 Å². The van der Waals surface area contributed by atoms with E-state index < -0.39 is 0 Å². The fourth-order valence-corrected chi connectivity index (χ4v) is 7.18. The van der Waals surface area contributed by atoms with Crippen molar-refractivity contribution in [3.8, 4) is 0 Å². The lowest BCUT2D eigenvalue weighted by molar-refractivity contribution is -0.137. The first-order valence-corrected chi connectivity index (χ1v) is 15.2. The molecule has 1 N–H and O–H groups in total. The highest BCUT2D eigenvalue weighted by atomic mass is 16.2. The van der Waals surface area contributed by atoms with E-state index in [4.69, 9.17) is 0 Å². The normalized spacial score (nSPS) is 21.7. The smallest absolute Gasteiger partial charge is 0.225 e. The maximum absolute atomic E-state index is 13.1. The molecule has 0 aliphatic carbocycles. The molecule has 3 saturated heterocycles. The van der Waals surface area contributed by atoms with Crippen LogP contribution in [0, 0.1) is 18.8 Å². The third kappa shape index (κ3) is 6.31. The lowest BCUT2D eigenvalue weighted by atomic mass is 9.77. The van der Waals surface area contributed by atoms with Crippen LogP contribution in [0.15, 0.2) is 30.3 Å². The van der Waals surface area contributed by atoms with Crippen LogP contribution >= 0.6 is 0 Å². The quantitative estimate of drug-likeness (QED) is 0.544. The number of nitrogens with one attached hydrogen (secondary N) is 1. The van der Waals surface area contributed by atoms with Crippen molar-refractivity contribution in [2.45, 2.75) is 83.6 Å². The van der Waals surface area contributed by atoms with Crippen LogP contribution in [0.2, 0.25) is 0 Å². The fourth-order valence-electron chi connectivity index (χ4n) is 7.18. The molecule has 0 spiro atoms. The molecule has 3 aliphatic rings. The monoisotopic (exact) mass is 520 g/mol. The Kier molecular flexibility index (Phi) is 9.16. The summed E-state index contributed by atoms with van der Waals surface area (Å²) in [6.07, 6.45) is 7.80. The van der Waals surface area contributed by atoms with Crippen LogP contribution in [-0.2, 0) is 4.79 Å². The highest BCUT2D eigenvalue weighted by molar-refractivity contribution is 5.79. The van der Waals surface area contributed by atoms with E-state index >= 15 is 0 Å². The largest absolute Gasteiger partial charge is 0.342 e. The number of likely N-dealkylation sites (tertiary alicyclic amines) is 2. The molecule has 7 nitrogen and oxygen atoms in total. The van der Waals surface area contributed by atoms with Crippen LogP contribution in [0.4, 0.5) is 0 Å². The van der Waals surface area contributed by atoms with Gasteiger partial charge in [0.1, 0.15) is 11.6 Å². The molecule has 38 heavy (non-hydrogen) atoms. The number of hydrogen-bond acceptors (Lipinski definition) is 5. The minimum absolute atomic E-state index is 0.235. The molecule has 0 unspecified atom stereocenters. The van der Waals surface area contributed by atoms with E-state index in [1.807, 2.05) is 0 Å². The van der Waals surface area contributed by atoms with Crippen LogP contribution in [0.3, 0.4) is 0 Å². The molecule has 1 atom stereocenters. The molecular formula is C31H48N6O. The SMILES string of the molecule is Cc1nnc(C(C)C)n1C1CCN(CC[C@@H](c2ccccc2)C2CCN(C(=O)C3CCNCC3)CC2)CC1. The first-order valence-electron chi connectivity index (χ1n) is 15.2. The van der Waals surface area contributed by atoms with Gasteiger partial charge in [0.25, 0.3) is 0 Å². The van der Waals surface area contributed by atoms with Gasteiger partial charge in [-0.3, -0.25) is 4.79 Å². The zero-order valence-corrected chi connectivity index (χ0v) is 23.8. The number of aryl methyl sites for hydroxylation is 1. The molecule has 0 bridgehead atoms. The summed E-state index contributed by atoms with van der Waals surface area (Å²) in [5.41, 5.74) is 1.48. The zero-order chi connectivity index (χ0) is 26.5. The summed E-state index contributed by atoms with van der Waals surface area (Å²) in [4.78, 5) is 18.0. The summed E-state index contributed by atoms with van der Waals surface area (Å²) < 4.78 is 2.41. The minimum Gasteiger partial charge on any atom is -0.342 e. The van der Waals surface area contributed by atoms with Crippen LogP contribution in [0.25, 0.3) is 0 Å². The van der Waals surface area contributed by atoms with Crippen molar-refractivity contribution < 1.29 is 4.79 Å². The summed E-state index contributed by atoms with van der Waals surface area (Å²) >= 11 is 0. The van der Waals surface area contributed by atoms with Gasteiger partial charge in [-0.05, 0) is 88.9 Å². The van der Waals surface area contributed by atoms with Gasteiger partial charge in [0.2, 0.25) is 5.91 Å². The number of carbonyl (C=O) groups excluding carboxylic acids is 1. The number of aromatic nitrogens is 3. The number of piperidine rings is 3. The van der Waals surface area contributed by atoms with Gasteiger partial charge in [0.05, 0.1) is 0 Å². The summed E-state index contributed by atoms with van der Waals surface area (Å²) in [7, 11) is 0. The van der Waals surface area contributed by atoms with Gasteiger partial charge in [-0.2, -0.15) is 0 Å². The van der Waals surface area contributed by atoms with Crippen LogP contribution in [0.1, 0.15) is 93.9 Å². The second kappa shape index (κ2) is 12.7. The molecule has 0 radical (unpaired) electrons. The maximum atomic E-state index is 13.1. The van der Waals surface area contributed by atoms with Gasteiger partial charge >= 0.3 is 0 Å². The Bertz CT molecular complexity index is 1010. The van der Waals surface area contributed by atoms with Crippen molar-refractivity contribution in [3.05, 3.63) is 47.5 Å². The number of benzene rings is 1. The molecular weight excluding hydrogens is 472 g/mol. The number of rotatable bonds is 8. The molecule has 1 aromatic carbocycles. The molecule has 7 heteroatoms. The van der Waals surface area contributed by atoms with Crippen molar-refractivity contribution in [2.24, 2.45) is 11.8 Å². The highest BCUT2D eigenvalue weighted by Crippen LogP contribution is 2.37. The van der Waals surface area contributed by atoms with E-state index in [-0.39, 0.29) is 5.92 Å². The lowest BCUT2D eigenvalue weighted by Gasteiger charge is -2.39. The fraction of sp³-hybridized carbons (Fsp3) is 0.710. The van der Waals surface area contributed by atoms with Gasteiger partial charge < -0.3 is 19.7 Å². The summed E-state index contributed by atoms with van der Waals surface area (Å²) in [6.45, 7) is 13.8. The van der Waals surface area contributed by atoms with Crippen molar-refractivity contribution in [3.63, 3.8) is 0 Å². The van der Waals surface area contributed by atoms with E-state index in [2.05, 4.69) is 81.0 Å². The van der Waals surface area contributed by atoms with Gasteiger partial charge in [0, 0.05) is 44.1 Å². The zero-order valence-electron chi connectivity index (χ0n) is 23.8. The number of carbonyl (C=O) groups is 1. The van der Waals surface area contributed by atoms with Gasteiger partial charge in [-0.15, -0.1) is 10.2 Å². The summed E-state index contributed by atoms with van der Waals surface area (Å²) in [5, 5.41) is 12.3. The number of amides is 1. The first kappa shape index (κ1) is 27.3. The third-order valence-electron chi connectivity index (χ3n) is 9.42. The Morgan fingerprint density at radius 2 is 1.63 bits per heavy atom. The van der Waals surface area contributed by atoms with Crippen LogP contribution in [0.5, 0.6) is 0 Å². The van der Waals surface area contributed by atoms with Gasteiger partial charge in [-0.25, -0.2) is 0 Å². The Hall–Kier alpha value is -2.25. The Labute approximate surface area is 229 Å². The minimum atomic E-state index is 0.235. The lowest BCUT2D eigenvalue weighted by Crippen LogP contribution is -2.45. The summed E-state index contributed by atoms with van der Waals surface area (Å²) in [6, 6.07) is 11.7. The van der Waals surface area contributed by atoms with Crippen molar-refractivity contribution in [2.75, 3.05) is 45.8 Å². The Morgan fingerprint density at radius 1 is 0.947 bits per heavy atom. The van der Waals surface area contributed by atoms with Crippen molar-refractivity contribution in [1.82, 2.24) is 29.9 Å². The topological polar surface area (TPSA) is 66.3 Å². The number of nitrogens with zero attached hydrogens (tertiary/aromatic N) is 5. The predicted molar refractivity (Wildman–Crippen MR) is 152 cm³/mol. The molecule has 4 heterocycles. The molecule has 3 fully saturated rings. The van der Waals surface area contributed by atoms with Gasteiger partial charge in [0.15, 0.2) is 0 Å². The molecule has 2 aromatic rings. The first-order chi connectivity index (χ1) is 18.5. The van der Waals surface area contributed by atoms with Crippen LogP contribution < -0.4 is 5.32 Å². The van der Waals surface area contributed by atoms with Gasteiger partial charge in [-0.1, -0.05) is 44.2 Å². The van der Waals surface area contributed by atoms with E-state index in [1.54, 1.807) is 0 Å². The molecule has 1 aromatic heterocycles. The third-order valence-corrected chi connectivity index (χ3v) is 9.42. The molecule has 1 amide bonds. The Morgan fingerprint density at radius 3 is 2.29 bits per heavy atom. The average molecular weight is 521 g/mol. The van der Waals surface area contributed by atoms with E-state index in [1.165, 1.54) is 24.8 Å². The second-order valence-corrected chi connectivity index (χ2v) is 12.2. The van der Waals surface area contributed by atoms with E-state index in [0.29, 0.717) is 29.7 Å². The molecule has 5 rings (SSSR count). The average Bonchev–Trinajstić information content (AvgIpc) is 3.36.